The first-order chi connectivity index (χ1) is 12.5. The Balaban J connectivity index is 3.11. The molecule has 7 heteroatoms. The number of ether oxygens (including phenoxy) is 6. The number of hydrogen-bond donors (Lipinski definition) is 1. The van der Waals surface area contributed by atoms with Crippen molar-refractivity contribution in [3.8, 4) is 0 Å². The van der Waals surface area contributed by atoms with Crippen LogP contribution in [0.5, 0.6) is 0 Å². The average molecular weight is 392 g/mol. The molecular formula is C20H41NO6. The number of hydrogen-bond acceptors (Lipinski definition) is 7. The van der Waals surface area contributed by atoms with Gasteiger partial charge in [-0.1, -0.05) is 0 Å². The van der Waals surface area contributed by atoms with Gasteiger partial charge in [0.25, 0.3) is 0 Å². The van der Waals surface area contributed by atoms with Gasteiger partial charge in [0.05, 0.1) is 31.0 Å². The fourth-order valence-corrected chi connectivity index (χ4v) is 3.03. The molecule has 0 saturated carbocycles. The maximum Gasteiger partial charge on any atom is 0.187 e. The van der Waals surface area contributed by atoms with Crippen molar-refractivity contribution in [1.29, 1.82) is 0 Å². The second kappa shape index (κ2) is 11.7. The van der Waals surface area contributed by atoms with E-state index in [1.165, 1.54) is 0 Å². The molecule has 1 aliphatic heterocycles. The molecule has 162 valence electrons. The topological polar surface area (TPSA) is 81.4 Å². The summed E-state index contributed by atoms with van der Waals surface area (Å²) < 4.78 is 36.4. The van der Waals surface area contributed by atoms with E-state index < -0.39 is 24.7 Å². The molecule has 6 atom stereocenters. The summed E-state index contributed by atoms with van der Waals surface area (Å²) in [6.07, 6.45) is -2.45. The van der Waals surface area contributed by atoms with Gasteiger partial charge >= 0.3 is 0 Å². The van der Waals surface area contributed by atoms with Crippen LogP contribution in [0.3, 0.4) is 0 Å². The highest BCUT2D eigenvalue weighted by molar-refractivity contribution is 4.95. The molecule has 1 heterocycles. The lowest BCUT2D eigenvalue weighted by Gasteiger charge is -2.32. The maximum atomic E-state index is 6.26. The lowest BCUT2D eigenvalue weighted by Crippen LogP contribution is -2.48. The van der Waals surface area contributed by atoms with Gasteiger partial charge in [0, 0.05) is 0 Å². The summed E-state index contributed by atoms with van der Waals surface area (Å²) in [4.78, 5) is 0. The summed E-state index contributed by atoms with van der Waals surface area (Å²) in [6.45, 7) is 18.0. The molecule has 1 saturated heterocycles. The summed E-state index contributed by atoms with van der Waals surface area (Å²) in [5.41, 5.74) is 5.91. The smallest absolute Gasteiger partial charge is 0.187 e. The van der Waals surface area contributed by atoms with Crippen LogP contribution in [0, 0.1) is 0 Å². The largest absolute Gasteiger partial charge is 0.376 e. The van der Waals surface area contributed by atoms with E-state index in [-0.39, 0.29) is 36.6 Å². The van der Waals surface area contributed by atoms with E-state index in [2.05, 4.69) is 0 Å². The highest BCUT2D eigenvalue weighted by Crippen LogP contribution is 2.33. The van der Waals surface area contributed by atoms with E-state index in [1.807, 2.05) is 55.4 Å². The zero-order valence-corrected chi connectivity index (χ0v) is 18.5. The predicted octanol–water partition coefficient (Wildman–Crippen LogP) is 2.84. The molecular weight excluding hydrogens is 350 g/mol. The predicted molar refractivity (Wildman–Crippen MR) is 105 cm³/mol. The highest BCUT2D eigenvalue weighted by atomic mass is 16.7. The van der Waals surface area contributed by atoms with E-state index in [4.69, 9.17) is 34.2 Å². The van der Waals surface area contributed by atoms with Crippen LogP contribution in [-0.2, 0) is 28.4 Å². The Labute approximate surface area is 165 Å². The van der Waals surface area contributed by atoms with Crippen LogP contribution in [0.15, 0.2) is 0 Å². The number of rotatable bonds is 12. The van der Waals surface area contributed by atoms with Crippen molar-refractivity contribution in [2.45, 2.75) is 124 Å². The van der Waals surface area contributed by atoms with Crippen LogP contribution in [0.4, 0.5) is 0 Å². The van der Waals surface area contributed by atoms with Gasteiger partial charge in [-0.05, 0) is 62.3 Å². The molecule has 2 N–H and O–H groups in total. The van der Waals surface area contributed by atoms with Crippen molar-refractivity contribution in [1.82, 2.24) is 0 Å². The van der Waals surface area contributed by atoms with Crippen molar-refractivity contribution in [2.24, 2.45) is 5.73 Å². The summed E-state index contributed by atoms with van der Waals surface area (Å²) in [5.74, 6) is 0. The molecule has 0 aromatic rings. The Morgan fingerprint density at radius 1 is 0.741 bits per heavy atom. The van der Waals surface area contributed by atoms with Crippen LogP contribution < -0.4 is 5.73 Å². The molecule has 1 unspecified atom stereocenters. The first-order valence-electron chi connectivity index (χ1n) is 10.2. The summed E-state index contributed by atoms with van der Waals surface area (Å²) in [5, 5.41) is 0. The average Bonchev–Trinajstić information content (AvgIpc) is 2.79. The monoisotopic (exact) mass is 391 g/mol. The van der Waals surface area contributed by atoms with Crippen molar-refractivity contribution in [3.63, 3.8) is 0 Å². The van der Waals surface area contributed by atoms with Gasteiger partial charge in [-0.3, -0.25) is 0 Å². The molecule has 0 bridgehead atoms. The van der Waals surface area contributed by atoms with Crippen LogP contribution in [0.25, 0.3) is 0 Å². The minimum Gasteiger partial charge on any atom is -0.376 e. The fourth-order valence-electron chi connectivity index (χ4n) is 3.03. The zero-order valence-electron chi connectivity index (χ0n) is 18.5. The molecule has 0 aromatic heterocycles. The molecule has 0 amide bonds. The minimum atomic E-state index is -0.542. The van der Waals surface area contributed by atoms with Crippen molar-refractivity contribution in [3.05, 3.63) is 0 Å². The van der Waals surface area contributed by atoms with E-state index >= 15 is 0 Å². The SMILES string of the molecule is CC(C)OC[C@@H](OC(C)N)[C@H]1O[C@H](OC(C)C)[C@@H](OC(C)C)[C@H]1OC(C)C. The third kappa shape index (κ3) is 8.73. The summed E-state index contributed by atoms with van der Waals surface area (Å²) in [6, 6.07) is 0. The Kier molecular flexibility index (Phi) is 10.7. The third-order valence-corrected chi connectivity index (χ3v) is 3.82. The molecule has 1 aliphatic rings. The standard InChI is InChI=1S/C20H41NO6/c1-11(2)22-10-16(26-15(9)21)17-18(23-12(3)4)19(24-13(5)6)20(27-17)25-14(7)8/h11-20H,10,21H2,1-9H3/t15?,16-,17-,18+,19+,20+/m1/s1. The normalized spacial score (nSPS) is 28.7. The quantitative estimate of drug-likeness (QED) is 0.512. The maximum absolute atomic E-state index is 6.26. The first-order valence-corrected chi connectivity index (χ1v) is 10.2. The third-order valence-electron chi connectivity index (χ3n) is 3.82. The molecule has 0 aromatic carbocycles. The van der Waals surface area contributed by atoms with Crippen molar-refractivity contribution < 1.29 is 28.4 Å². The van der Waals surface area contributed by atoms with Crippen LogP contribution in [-0.4, -0.2) is 68.0 Å². The van der Waals surface area contributed by atoms with Gasteiger partial charge in [0.2, 0.25) is 0 Å². The van der Waals surface area contributed by atoms with E-state index in [0.717, 1.165) is 0 Å². The molecule has 1 rings (SSSR count). The van der Waals surface area contributed by atoms with Crippen LogP contribution in [0.2, 0.25) is 0 Å². The minimum absolute atomic E-state index is 0.000806. The van der Waals surface area contributed by atoms with E-state index in [0.29, 0.717) is 6.61 Å². The fraction of sp³-hybridized carbons (Fsp3) is 1.00. The van der Waals surface area contributed by atoms with Gasteiger partial charge in [-0.15, -0.1) is 0 Å². The first kappa shape index (κ1) is 24.8. The Bertz CT molecular complexity index is 402. The van der Waals surface area contributed by atoms with Gasteiger partial charge in [0.15, 0.2) is 6.29 Å². The highest BCUT2D eigenvalue weighted by Gasteiger charge is 2.51. The Hall–Kier alpha value is -0.280. The second-order valence-corrected chi connectivity index (χ2v) is 8.21. The Morgan fingerprint density at radius 2 is 1.26 bits per heavy atom. The molecule has 7 nitrogen and oxygen atoms in total. The molecule has 0 aliphatic carbocycles. The lowest BCUT2D eigenvalue weighted by atomic mass is 10.0. The van der Waals surface area contributed by atoms with E-state index in [1.54, 1.807) is 6.92 Å². The van der Waals surface area contributed by atoms with Gasteiger partial charge in [0.1, 0.15) is 30.6 Å². The van der Waals surface area contributed by atoms with Crippen molar-refractivity contribution >= 4 is 0 Å². The van der Waals surface area contributed by atoms with Crippen molar-refractivity contribution in [2.75, 3.05) is 6.61 Å². The molecule has 0 spiro atoms. The van der Waals surface area contributed by atoms with Crippen LogP contribution in [0.1, 0.15) is 62.3 Å². The zero-order chi connectivity index (χ0) is 20.7. The molecule has 27 heavy (non-hydrogen) atoms. The van der Waals surface area contributed by atoms with E-state index in [9.17, 15) is 0 Å². The van der Waals surface area contributed by atoms with Gasteiger partial charge < -0.3 is 34.2 Å². The Morgan fingerprint density at radius 3 is 1.70 bits per heavy atom. The molecule has 0 radical (unpaired) electrons. The second-order valence-electron chi connectivity index (χ2n) is 8.21. The summed E-state index contributed by atoms with van der Waals surface area (Å²) >= 11 is 0. The number of nitrogens with two attached hydrogens (primary N) is 1. The van der Waals surface area contributed by atoms with Gasteiger partial charge in [-0.25, -0.2) is 0 Å². The molecule has 1 fully saturated rings. The lowest BCUT2D eigenvalue weighted by molar-refractivity contribution is -0.216. The van der Waals surface area contributed by atoms with Crippen LogP contribution >= 0.6 is 0 Å². The van der Waals surface area contributed by atoms with Gasteiger partial charge in [-0.2, -0.15) is 0 Å². The summed E-state index contributed by atoms with van der Waals surface area (Å²) in [7, 11) is 0.